The summed E-state index contributed by atoms with van der Waals surface area (Å²) >= 11 is 0. The Kier molecular flexibility index (Phi) is 16.8. The number of ether oxygens (including phenoxy) is 3. The van der Waals surface area contributed by atoms with E-state index >= 15 is 0 Å². The molecule has 0 radical (unpaired) electrons. The first-order valence-corrected chi connectivity index (χ1v) is 24.1. The van der Waals surface area contributed by atoms with Crippen molar-refractivity contribution in [1.29, 1.82) is 0 Å². The van der Waals surface area contributed by atoms with Gasteiger partial charge in [-0.15, -0.1) is 0 Å². The zero-order chi connectivity index (χ0) is 54.4. The summed E-state index contributed by atoms with van der Waals surface area (Å²) in [5, 5.41) is 24.0. The molecule has 2 aromatic heterocycles. The standard InChI is InChI=1S/C28H30F2N4O5.C26H28F2N4O4/c1-5-39-27(37)28(29,30)22-8-6-7-19(15-22)16-33-13-14-34-25(33)23(18(3)32-34)24(35)31-17(2)20-9-11-21(12-10-20)26(36)38-4;1-16(19-7-9-20(10-8-19)25(35)36-3)29-23(34)22-17(2)30-32-12-11-31(24(22)32)14-18-5-4-6-21(13-18)26(27,28)15-33/h6-12,15,17H,5,13-14,16H2,1-4H3,(H,31,35);4-10,13,16,33H,11-12,14-15H2,1-3H3,(H,29,34)/t17-;16-/m00/s1. The Labute approximate surface area is 430 Å². The van der Waals surface area contributed by atoms with Crippen LogP contribution in [0.2, 0.25) is 0 Å². The number of benzene rings is 4. The van der Waals surface area contributed by atoms with Gasteiger partial charge >= 0.3 is 23.8 Å². The quantitative estimate of drug-likeness (QED) is 0.0456. The van der Waals surface area contributed by atoms with Crippen LogP contribution in [0.5, 0.6) is 0 Å². The third-order valence-corrected chi connectivity index (χ3v) is 12.9. The number of halogens is 4. The van der Waals surface area contributed by atoms with E-state index in [-0.39, 0.29) is 42.6 Å². The summed E-state index contributed by atoms with van der Waals surface area (Å²) in [6, 6.07) is 24.4. The number of rotatable bonds is 17. The Balaban J connectivity index is 0.000000219. The van der Waals surface area contributed by atoms with Crippen LogP contribution in [0.1, 0.15) is 119 Å². The van der Waals surface area contributed by atoms with E-state index in [1.54, 1.807) is 83.9 Å². The average Bonchev–Trinajstić information content (AvgIpc) is 4.16. The lowest BCUT2D eigenvalue weighted by Gasteiger charge is -2.21. The molecule has 6 aromatic rings. The molecule has 2 aliphatic heterocycles. The van der Waals surface area contributed by atoms with E-state index in [9.17, 15) is 41.5 Å². The molecule has 0 saturated carbocycles. The fraction of sp³-hybridized carbons (Fsp3) is 0.352. The molecule has 17 nitrogen and oxygen atoms in total. The summed E-state index contributed by atoms with van der Waals surface area (Å²) in [4.78, 5) is 65.7. The van der Waals surface area contributed by atoms with E-state index in [2.05, 4.69) is 25.6 Å². The van der Waals surface area contributed by atoms with Gasteiger partial charge in [0.2, 0.25) is 0 Å². The number of aromatic nitrogens is 4. The summed E-state index contributed by atoms with van der Waals surface area (Å²) in [7, 11) is 2.63. The second-order valence-electron chi connectivity index (χ2n) is 18.0. The number of aliphatic hydroxyl groups excluding tert-OH is 1. The molecule has 4 aromatic carbocycles. The van der Waals surface area contributed by atoms with Gasteiger partial charge in [-0.2, -0.15) is 27.8 Å². The fourth-order valence-electron chi connectivity index (χ4n) is 8.96. The highest BCUT2D eigenvalue weighted by molar-refractivity contribution is 6.01. The smallest absolute Gasteiger partial charge is 0.381 e. The highest BCUT2D eigenvalue weighted by Gasteiger charge is 2.43. The number of nitrogens with one attached hydrogen (secondary N) is 2. The molecule has 3 N–H and O–H groups in total. The Morgan fingerprint density at radius 1 is 0.640 bits per heavy atom. The first kappa shape index (κ1) is 54.7. The number of aliphatic hydroxyl groups is 1. The summed E-state index contributed by atoms with van der Waals surface area (Å²) in [6.07, 6.45) is 0. The van der Waals surface area contributed by atoms with Gasteiger partial charge in [-0.05, 0) is 93.3 Å². The third kappa shape index (κ3) is 12.0. The number of anilines is 2. The average molecular weight is 1040 g/mol. The van der Waals surface area contributed by atoms with Crippen molar-refractivity contribution >= 4 is 41.4 Å². The molecule has 0 fully saturated rings. The Morgan fingerprint density at radius 2 is 1.05 bits per heavy atom. The van der Waals surface area contributed by atoms with Crippen LogP contribution in [0.15, 0.2) is 97.1 Å². The molecular formula is C54H58F4N8O9. The predicted octanol–water partition coefficient (Wildman–Crippen LogP) is 7.72. The van der Waals surface area contributed by atoms with Crippen molar-refractivity contribution in [3.05, 3.63) is 164 Å². The van der Waals surface area contributed by atoms with Crippen molar-refractivity contribution in [3.63, 3.8) is 0 Å². The van der Waals surface area contributed by atoms with Gasteiger partial charge in [0.05, 0.1) is 68.5 Å². The minimum atomic E-state index is -3.77. The molecule has 0 saturated heterocycles. The summed E-state index contributed by atoms with van der Waals surface area (Å²) < 4.78 is 74.6. The first-order chi connectivity index (χ1) is 35.7. The Bertz CT molecular complexity index is 3070. The maximum atomic E-state index is 14.6. The zero-order valence-corrected chi connectivity index (χ0v) is 42.5. The van der Waals surface area contributed by atoms with Gasteiger partial charge in [0.15, 0.2) is 0 Å². The minimum Gasteiger partial charge on any atom is -0.465 e. The Morgan fingerprint density at radius 3 is 1.45 bits per heavy atom. The highest BCUT2D eigenvalue weighted by atomic mass is 19.3. The molecule has 0 unspecified atom stereocenters. The maximum Gasteiger partial charge on any atom is 0.381 e. The van der Waals surface area contributed by atoms with Crippen molar-refractivity contribution in [2.24, 2.45) is 0 Å². The lowest BCUT2D eigenvalue weighted by molar-refractivity contribution is -0.173. The largest absolute Gasteiger partial charge is 0.465 e. The Hall–Kier alpha value is -8.07. The third-order valence-electron chi connectivity index (χ3n) is 12.9. The molecule has 0 spiro atoms. The molecule has 2 amide bonds. The number of amides is 2. The first-order valence-electron chi connectivity index (χ1n) is 24.1. The minimum absolute atomic E-state index is 0.145. The van der Waals surface area contributed by atoms with Crippen LogP contribution in [-0.2, 0) is 57.0 Å². The van der Waals surface area contributed by atoms with E-state index in [4.69, 9.17) is 14.6 Å². The van der Waals surface area contributed by atoms with Crippen LogP contribution >= 0.6 is 0 Å². The molecule has 75 heavy (non-hydrogen) atoms. The van der Waals surface area contributed by atoms with Crippen molar-refractivity contribution in [1.82, 2.24) is 30.2 Å². The monoisotopic (exact) mass is 1040 g/mol. The maximum absolute atomic E-state index is 14.6. The van der Waals surface area contributed by atoms with Gasteiger partial charge < -0.3 is 39.8 Å². The van der Waals surface area contributed by atoms with Crippen molar-refractivity contribution in [3.8, 4) is 0 Å². The highest BCUT2D eigenvalue weighted by Crippen LogP contribution is 2.35. The number of aryl methyl sites for hydroxylation is 2. The summed E-state index contributed by atoms with van der Waals surface area (Å²) in [5.41, 5.74) is 4.87. The number of carbonyl (C=O) groups excluding carboxylic acids is 5. The van der Waals surface area contributed by atoms with E-state index < -0.39 is 41.9 Å². The number of alkyl halides is 4. The van der Waals surface area contributed by atoms with Crippen LogP contribution in [0.3, 0.4) is 0 Å². The number of hydrogen-bond acceptors (Lipinski definition) is 13. The van der Waals surface area contributed by atoms with E-state index in [1.807, 2.05) is 23.6 Å². The van der Waals surface area contributed by atoms with Crippen molar-refractivity contribution < 1.29 is 60.9 Å². The SMILES string of the molecule is CCOC(=O)C(F)(F)c1cccc(CN2CCn3nc(C)c(C(=O)N[C@@H](C)c4ccc(C(=O)OC)cc4)c32)c1.COC(=O)c1ccc([C@H](C)NC(=O)c2c(C)nn3c2N(Cc2cccc(C(F)(F)CO)c2)CC3)cc1. The van der Waals surface area contributed by atoms with Crippen LogP contribution in [0.25, 0.3) is 0 Å². The van der Waals surface area contributed by atoms with Crippen LogP contribution in [0.4, 0.5) is 29.2 Å². The number of fused-ring (bicyclic) bond motifs is 2. The summed E-state index contributed by atoms with van der Waals surface area (Å²) in [6.45, 7) is 10.0. The van der Waals surface area contributed by atoms with Gasteiger partial charge in [-0.25, -0.2) is 23.7 Å². The van der Waals surface area contributed by atoms with Gasteiger partial charge in [0.25, 0.3) is 17.7 Å². The second kappa shape index (κ2) is 23.0. The molecular weight excluding hydrogens is 981 g/mol. The lowest BCUT2D eigenvalue weighted by Crippen LogP contribution is -2.30. The predicted molar refractivity (Wildman–Crippen MR) is 268 cm³/mol. The van der Waals surface area contributed by atoms with Crippen LogP contribution < -0.4 is 20.4 Å². The van der Waals surface area contributed by atoms with Gasteiger partial charge in [-0.1, -0.05) is 60.7 Å². The number of nitrogens with zero attached hydrogens (tertiary/aromatic N) is 6. The van der Waals surface area contributed by atoms with E-state index in [1.165, 1.54) is 57.5 Å². The molecule has 0 bridgehead atoms. The summed E-state index contributed by atoms with van der Waals surface area (Å²) in [5.74, 6) is -8.96. The second-order valence-corrected chi connectivity index (χ2v) is 18.0. The molecule has 21 heteroatoms. The van der Waals surface area contributed by atoms with Gasteiger partial charge in [0, 0.05) is 37.3 Å². The number of carbonyl (C=O) groups is 5. The number of hydrogen-bond donors (Lipinski definition) is 3. The van der Waals surface area contributed by atoms with Crippen LogP contribution in [0, 0.1) is 13.8 Å². The number of methoxy groups -OCH3 is 2. The van der Waals surface area contributed by atoms with Gasteiger partial charge in [0.1, 0.15) is 29.4 Å². The fourth-order valence-corrected chi connectivity index (χ4v) is 8.96. The van der Waals surface area contributed by atoms with E-state index in [0.717, 1.165) is 11.1 Å². The molecule has 4 heterocycles. The van der Waals surface area contributed by atoms with Gasteiger partial charge in [-0.3, -0.25) is 9.59 Å². The molecule has 396 valence electrons. The van der Waals surface area contributed by atoms with Crippen molar-refractivity contribution in [2.45, 2.75) is 84.7 Å². The normalized spacial score (nSPS) is 13.7. The van der Waals surface area contributed by atoms with Crippen molar-refractivity contribution in [2.75, 3.05) is 50.3 Å². The van der Waals surface area contributed by atoms with Crippen LogP contribution in [-0.4, -0.2) is 94.9 Å². The lowest BCUT2D eigenvalue weighted by atomic mass is 10.0. The molecule has 0 aliphatic carbocycles. The number of esters is 3. The molecule has 8 rings (SSSR count). The zero-order valence-electron chi connectivity index (χ0n) is 42.5. The topological polar surface area (TPSA) is 199 Å². The molecule has 2 aliphatic rings. The molecule has 2 atom stereocenters. The van der Waals surface area contributed by atoms with E-state index in [0.29, 0.717) is 89.1 Å².